The van der Waals surface area contributed by atoms with Gasteiger partial charge in [-0.25, -0.2) is 4.79 Å². The van der Waals surface area contributed by atoms with Gasteiger partial charge in [0.15, 0.2) is 0 Å². The van der Waals surface area contributed by atoms with Gasteiger partial charge in [-0.3, -0.25) is 4.90 Å². The Bertz CT molecular complexity index is 422. The molecule has 0 aliphatic carbocycles. The Morgan fingerprint density at radius 3 is 2.20 bits per heavy atom. The second-order valence-corrected chi connectivity index (χ2v) is 6.23. The lowest BCUT2D eigenvalue weighted by molar-refractivity contribution is 0.00781. The van der Waals surface area contributed by atoms with Gasteiger partial charge in [0.2, 0.25) is 0 Å². The van der Waals surface area contributed by atoms with Gasteiger partial charge in [-0.15, -0.1) is 0 Å². The molecule has 0 aliphatic heterocycles. The highest BCUT2D eigenvalue weighted by atomic mass is 16.6. The maximum absolute atomic E-state index is 12.5. The average molecular weight is 277 g/mol. The van der Waals surface area contributed by atoms with Crippen molar-refractivity contribution in [1.82, 2.24) is 4.90 Å². The van der Waals surface area contributed by atoms with E-state index in [0.29, 0.717) is 0 Å². The molecular weight excluding hydrogens is 250 g/mol. The number of rotatable bonds is 4. The highest BCUT2D eigenvalue weighted by Crippen LogP contribution is 2.25. The summed E-state index contributed by atoms with van der Waals surface area (Å²) in [5, 5.41) is 0. The van der Waals surface area contributed by atoms with Gasteiger partial charge >= 0.3 is 6.09 Å². The molecule has 2 atom stereocenters. The average Bonchev–Trinajstić information content (AvgIpc) is 2.37. The largest absolute Gasteiger partial charge is 0.444 e. The molecule has 3 nitrogen and oxygen atoms in total. The van der Waals surface area contributed by atoms with Crippen molar-refractivity contribution in [3.8, 4) is 0 Å². The molecule has 0 bridgehead atoms. The fourth-order valence-corrected chi connectivity index (χ4v) is 2.12. The van der Waals surface area contributed by atoms with E-state index in [-0.39, 0.29) is 18.2 Å². The van der Waals surface area contributed by atoms with Gasteiger partial charge in [-0.2, -0.15) is 0 Å². The van der Waals surface area contributed by atoms with E-state index in [2.05, 4.69) is 13.8 Å². The van der Waals surface area contributed by atoms with E-state index >= 15 is 0 Å². The van der Waals surface area contributed by atoms with Crippen molar-refractivity contribution < 1.29 is 9.53 Å². The summed E-state index contributed by atoms with van der Waals surface area (Å²) in [6, 6.07) is 10.2. The van der Waals surface area contributed by atoms with Gasteiger partial charge in [0.1, 0.15) is 5.60 Å². The first-order valence-corrected chi connectivity index (χ1v) is 7.32. The van der Waals surface area contributed by atoms with E-state index in [4.69, 9.17) is 4.74 Å². The van der Waals surface area contributed by atoms with E-state index in [1.165, 1.54) is 0 Å². The molecule has 0 spiro atoms. The second-order valence-electron chi connectivity index (χ2n) is 6.23. The maximum atomic E-state index is 12.5. The molecule has 0 N–H and O–H groups in total. The molecule has 0 saturated heterocycles. The van der Waals surface area contributed by atoms with Crippen LogP contribution in [-0.2, 0) is 4.74 Å². The van der Waals surface area contributed by atoms with Crippen molar-refractivity contribution in [3.05, 3.63) is 35.9 Å². The molecule has 0 aliphatic rings. The van der Waals surface area contributed by atoms with Crippen LogP contribution in [0.1, 0.15) is 59.6 Å². The molecule has 0 saturated carbocycles. The van der Waals surface area contributed by atoms with Crippen LogP contribution in [0.3, 0.4) is 0 Å². The number of hydrogen-bond acceptors (Lipinski definition) is 2. The standard InChI is InChI=1S/C17H27NO2/c1-7-13(2)18(16(19)20-17(4,5)6)14(3)15-11-9-8-10-12-15/h8-14H,7H2,1-6H3. The first-order valence-electron chi connectivity index (χ1n) is 7.32. The van der Waals surface area contributed by atoms with Crippen LogP contribution in [0.5, 0.6) is 0 Å². The number of amides is 1. The van der Waals surface area contributed by atoms with Crippen LogP contribution in [0.2, 0.25) is 0 Å². The molecule has 0 radical (unpaired) electrons. The van der Waals surface area contributed by atoms with Crippen molar-refractivity contribution in [3.63, 3.8) is 0 Å². The molecule has 0 aromatic heterocycles. The quantitative estimate of drug-likeness (QED) is 0.792. The van der Waals surface area contributed by atoms with Gasteiger partial charge < -0.3 is 4.74 Å². The summed E-state index contributed by atoms with van der Waals surface area (Å²) in [6.07, 6.45) is 0.652. The summed E-state index contributed by atoms with van der Waals surface area (Å²) in [5.41, 5.74) is 0.651. The van der Waals surface area contributed by atoms with Gasteiger partial charge in [0.05, 0.1) is 6.04 Å². The van der Waals surface area contributed by atoms with E-state index < -0.39 is 5.60 Å². The molecule has 1 aromatic rings. The van der Waals surface area contributed by atoms with Crippen LogP contribution in [-0.4, -0.2) is 22.6 Å². The summed E-state index contributed by atoms with van der Waals surface area (Å²) in [4.78, 5) is 14.3. The van der Waals surface area contributed by atoms with Gasteiger partial charge in [0, 0.05) is 6.04 Å². The first kappa shape index (κ1) is 16.5. The zero-order valence-corrected chi connectivity index (χ0v) is 13.5. The molecule has 1 rings (SSSR count). The topological polar surface area (TPSA) is 29.5 Å². The lowest BCUT2D eigenvalue weighted by atomic mass is 10.0. The number of hydrogen-bond donors (Lipinski definition) is 0. The van der Waals surface area contributed by atoms with Crippen molar-refractivity contribution in [2.45, 2.75) is 65.6 Å². The maximum Gasteiger partial charge on any atom is 0.411 e. The van der Waals surface area contributed by atoms with Gasteiger partial charge in [-0.1, -0.05) is 37.3 Å². The van der Waals surface area contributed by atoms with E-state index in [9.17, 15) is 4.79 Å². The zero-order chi connectivity index (χ0) is 15.3. The third-order valence-corrected chi connectivity index (χ3v) is 3.37. The smallest absolute Gasteiger partial charge is 0.411 e. The molecule has 1 amide bonds. The van der Waals surface area contributed by atoms with Crippen LogP contribution in [0, 0.1) is 0 Å². The van der Waals surface area contributed by atoms with Crippen molar-refractivity contribution in [1.29, 1.82) is 0 Å². The summed E-state index contributed by atoms with van der Waals surface area (Å²) in [7, 11) is 0. The van der Waals surface area contributed by atoms with Crippen molar-refractivity contribution in [2.75, 3.05) is 0 Å². The monoisotopic (exact) mass is 277 g/mol. The molecule has 0 fully saturated rings. The van der Waals surface area contributed by atoms with E-state index in [1.54, 1.807) is 0 Å². The lowest BCUT2D eigenvalue weighted by Gasteiger charge is -2.36. The molecular formula is C17H27NO2. The van der Waals surface area contributed by atoms with Crippen LogP contribution in [0.25, 0.3) is 0 Å². The summed E-state index contributed by atoms with van der Waals surface area (Å²) in [5.74, 6) is 0. The third kappa shape index (κ3) is 4.55. The summed E-state index contributed by atoms with van der Waals surface area (Å²) in [6.45, 7) is 11.9. The highest BCUT2D eigenvalue weighted by molar-refractivity contribution is 5.69. The third-order valence-electron chi connectivity index (χ3n) is 3.37. The number of carbonyl (C=O) groups is 1. The summed E-state index contributed by atoms with van der Waals surface area (Å²) < 4.78 is 5.55. The fraction of sp³-hybridized carbons (Fsp3) is 0.588. The Hall–Kier alpha value is -1.51. The molecule has 20 heavy (non-hydrogen) atoms. The SMILES string of the molecule is CCC(C)N(C(=O)OC(C)(C)C)C(C)c1ccccc1. The Kier molecular flexibility index (Phi) is 5.61. The Balaban J connectivity index is 2.98. The van der Waals surface area contributed by atoms with Crippen LogP contribution < -0.4 is 0 Å². The van der Waals surface area contributed by atoms with Crippen molar-refractivity contribution >= 4 is 6.09 Å². The minimum Gasteiger partial charge on any atom is -0.444 e. The lowest BCUT2D eigenvalue weighted by Crippen LogP contribution is -2.43. The van der Waals surface area contributed by atoms with E-state index in [1.807, 2.05) is 62.9 Å². The number of carbonyl (C=O) groups excluding carboxylic acids is 1. The van der Waals surface area contributed by atoms with Crippen LogP contribution in [0.4, 0.5) is 4.79 Å². The Labute approximate surface area is 122 Å². The predicted octanol–water partition coefficient (Wildman–Crippen LogP) is 4.78. The second kappa shape index (κ2) is 6.78. The van der Waals surface area contributed by atoms with Crippen LogP contribution in [0.15, 0.2) is 30.3 Å². The zero-order valence-electron chi connectivity index (χ0n) is 13.5. The van der Waals surface area contributed by atoms with Crippen LogP contribution >= 0.6 is 0 Å². The van der Waals surface area contributed by atoms with Gasteiger partial charge in [-0.05, 0) is 46.6 Å². The fourth-order valence-electron chi connectivity index (χ4n) is 2.12. The van der Waals surface area contributed by atoms with Gasteiger partial charge in [0.25, 0.3) is 0 Å². The molecule has 1 aromatic carbocycles. The Morgan fingerprint density at radius 2 is 1.75 bits per heavy atom. The minimum atomic E-state index is -0.473. The number of nitrogens with zero attached hydrogens (tertiary/aromatic N) is 1. The van der Waals surface area contributed by atoms with E-state index in [0.717, 1.165) is 12.0 Å². The number of benzene rings is 1. The van der Waals surface area contributed by atoms with Crippen molar-refractivity contribution in [2.24, 2.45) is 0 Å². The highest BCUT2D eigenvalue weighted by Gasteiger charge is 2.29. The molecule has 0 heterocycles. The normalized spacial score (nSPS) is 14.5. The predicted molar refractivity (Wildman–Crippen MR) is 82.7 cm³/mol. The molecule has 3 heteroatoms. The molecule has 2 unspecified atom stereocenters. The summed E-state index contributed by atoms with van der Waals surface area (Å²) >= 11 is 0. The molecule has 112 valence electrons. The Morgan fingerprint density at radius 1 is 1.20 bits per heavy atom. The first-order chi connectivity index (χ1) is 9.26. The minimum absolute atomic E-state index is 0.000926. The number of ether oxygens (including phenoxy) is 1.